The Kier molecular flexibility index (Phi) is 5.97. The average molecular weight is 357 g/mol. The van der Waals surface area contributed by atoms with Gasteiger partial charge in [-0.1, -0.05) is 17.7 Å². The first-order valence-corrected chi connectivity index (χ1v) is 9.86. The fraction of sp³-hybridized carbons (Fsp3) is 0.619. The third-order valence-corrected chi connectivity index (χ3v) is 5.95. The van der Waals surface area contributed by atoms with Crippen molar-refractivity contribution in [1.29, 1.82) is 0 Å². The minimum absolute atomic E-state index is 0.0400. The van der Waals surface area contributed by atoms with Crippen molar-refractivity contribution in [2.45, 2.75) is 45.6 Å². The quantitative estimate of drug-likeness (QED) is 0.903. The molecule has 26 heavy (non-hydrogen) atoms. The van der Waals surface area contributed by atoms with Crippen molar-refractivity contribution in [1.82, 2.24) is 9.80 Å². The predicted molar refractivity (Wildman–Crippen MR) is 103 cm³/mol. The topological polar surface area (TPSA) is 66.6 Å². The van der Waals surface area contributed by atoms with Crippen molar-refractivity contribution >= 4 is 11.8 Å². The van der Waals surface area contributed by atoms with E-state index in [-0.39, 0.29) is 23.8 Å². The van der Waals surface area contributed by atoms with E-state index in [9.17, 15) is 9.59 Å². The van der Waals surface area contributed by atoms with Gasteiger partial charge in [-0.05, 0) is 57.6 Å². The number of nitrogens with zero attached hydrogens (tertiary/aromatic N) is 2. The highest BCUT2D eigenvalue weighted by molar-refractivity contribution is 5.94. The van der Waals surface area contributed by atoms with Gasteiger partial charge in [0.2, 0.25) is 5.91 Å². The first-order valence-electron chi connectivity index (χ1n) is 9.86. The maximum Gasteiger partial charge on any atom is 0.253 e. The highest BCUT2D eigenvalue weighted by Gasteiger charge is 2.33. The predicted octanol–water partition coefficient (Wildman–Crippen LogP) is 2.43. The molecular weight excluding hydrogens is 326 g/mol. The summed E-state index contributed by atoms with van der Waals surface area (Å²) in [5.41, 5.74) is 7.85. The lowest BCUT2D eigenvalue weighted by molar-refractivity contribution is -0.138. The standard InChI is InChI=1S/C21H31N3O2/c1-15-5-7-18(8-6-15)20(25)24-11-3-4-19(14-24)21(26)23-12-9-17(10-13-23)16(2)22/h5-8,16-17,19H,3-4,9-14,22H2,1-2H3. The van der Waals surface area contributed by atoms with Gasteiger partial charge in [-0.15, -0.1) is 0 Å². The van der Waals surface area contributed by atoms with Crippen molar-refractivity contribution in [3.63, 3.8) is 0 Å². The van der Waals surface area contributed by atoms with E-state index < -0.39 is 0 Å². The minimum atomic E-state index is -0.0648. The van der Waals surface area contributed by atoms with E-state index in [2.05, 4.69) is 6.92 Å². The number of piperidine rings is 2. The van der Waals surface area contributed by atoms with Gasteiger partial charge in [0.15, 0.2) is 0 Å². The van der Waals surface area contributed by atoms with E-state index in [0.29, 0.717) is 18.0 Å². The first-order chi connectivity index (χ1) is 12.5. The van der Waals surface area contributed by atoms with Crippen LogP contribution in [0.15, 0.2) is 24.3 Å². The van der Waals surface area contributed by atoms with Gasteiger partial charge in [-0.25, -0.2) is 0 Å². The Morgan fingerprint density at radius 3 is 2.31 bits per heavy atom. The van der Waals surface area contributed by atoms with E-state index in [1.165, 1.54) is 0 Å². The van der Waals surface area contributed by atoms with Crippen molar-refractivity contribution in [2.75, 3.05) is 26.2 Å². The lowest BCUT2D eigenvalue weighted by atomic mass is 9.89. The normalized spacial score (nSPS) is 23.0. The van der Waals surface area contributed by atoms with Crippen LogP contribution < -0.4 is 5.73 Å². The molecule has 142 valence electrons. The second-order valence-electron chi connectivity index (χ2n) is 7.98. The third-order valence-electron chi connectivity index (χ3n) is 5.95. The summed E-state index contributed by atoms with van der Waals surface area (Å²) in [5.74, 6) is 0.711. The summed E-state index contributed by atoms with van der Waals surface area (Å²) in [6, 6.07) is 7.87. The lowest BCUT2D eigenvalue weighted by Crippen LogP contribution is -2.49. The number of hydrogen-bond acceptors (Lipinski definition) is 3. The smallest absolute Gasteiger partial charge is 0.253 e. The summed E-state index contributed by atoms with van der Waals surface area (Å²) in [7, 11) is 0. The Morgan fingerprint density at radius 2 is 1.69 bits per heavy atom. The molecule has 2 saturated heterocycles. The number of likely N-dealkylation sites (tertiary alicyclic amines) is 2. The summed E-state index contributed by atoms with van der Waals surface area (Å²) in [5, 5.41) is 0. The number of aryl methyl sites for hydroxylation is 1. The lowest BCUT2D eigenvalue weighted by Gasteiger charge is -2.38. The molecule has 2 unspecified atom stereocenters. The van der Waals surface area contributed by atoms with Gasteiger partial charge in [0.1, 0.15) is 0 Å². The second kappa shape index (κ2) is 8.21. The van der Waals surface area contributed by atoms with Crippen molar-refractivity contribution in [2.24, 2.45) is 17.6 Å². The molecule has 2 atom stereocenters. The Morgan fingerprint density at radius 1 is 1.04 bits per heavy atom. The van der Waals surface area contributed by atoms with Gasteiger partial charge < -0.3 is 15.5 Å². The molecule has 1 aromatic rings. The van der Waals surface area contributed by atoms with Crippen molar-refractivity contribution < 1.29 is 9.59 Å². The molecule has 2 aliphatic rings. The zero-order valence-electron chi connectivity index (χ0n) is 16.0. The van der Waals surface area contributed by atoms with Crippen LogP contribution in [-0.4, -0.2) is 53.8 Å². The van der Waals surface area contributed by atoms with Crippen LogP contribution in [0.4, 0.5) is 0 Å². The van der Waals surface area contributed by atoms with E-state index in [4.69, 9.17) is 5.73 Å². The average Bonchev–Trinajstić information content (AvgIpc) is 2.67. The molecule has 2 heterocycles. The minimum Gasteiger partial charge on any atom is -0.342 e. The second-order valence-corrected chi connectivity index (χ2v) is 7.98. The zero-order chi connectivity index (χ0) is 18.7. The van der Waals surface area contributed by atoms with E-state index in [1.54, 1.807) is 0 Å². The van der Waals surface area contributed by atoms with E-state index >= 15 is 0 Å². The van der Waals surface area contributed by atoms with Crippen LogP contribution in [-0.2, 0) is 4.79 Å². The Balaban J connectivity index is 1.58. The van der Waals surface area contributed by atoms with Gasteiger partial charge in [-0.3, -0.25) is 9.59 Å². The summed E-state index contributed by atoms with van der Waals surface area (Å²) in [4.78, 5) is 29.5. The van der Waals surface area contributed by atoms with E-state index in [1.807, 2.05) is 41.0 Å². The molecule has 0 bridgehead atoms. The fourth-order valence-corrected chi connectivity index (χ4v) is 4.15. The summed E-state index contributed by atoms with van der Waals surface area (Å²) >= 11 is 0. The molecule has 5 heteroatoms. The first kappa shape index (κ1) is 18.9. The van der Waals surface area contributed by atoms with Crippen LogP contribution in [0, 0.1) is 18.8 Å². The Labute approximate surface area is 156 Å². The number of benzene rings is 1. The van der Waals surface area contributed by atoms with E-state index in [0.717, 1.165) is 50.9 Å². The summed E-state index contributed by atoms with van der Waals surface area (Å²) in [6.07, 6.45) is 3.75. The van der Waals surface area contributed by atoms with Crippen LogP contribution in [0.3, 0.4) is 0 Å². The molecule has 2 N–H and O–H groups in total. The molecule has 0 aromatic heterocycles. The van der Waals surface area contributed by atoms with Crippen LogP contribution in [0.5, 0.6) is 0 Å². The molecular formula is C21H31N3O2. The van der Waals surface area contributed by atoms with Gasteiger partial charge in [0.05, 0.1) is 5.92 Å². The molecule has 3 rings (SSSR count). The zero-order valence-corrected chi connectivity index (χ0v) is 16.0. The number of carbonyl (C=O) groups is 2. The van der Waals surface area contributed by atoms with Crippen LogP contribution in [0.25, 0.3) is 0 Å². The molecule has 5 nitrogen and oxygen atoms in total. The number of carbonyl (C=O) groups excluding carboxylic acids is 2. The molecule has 1 aromatic carbocycles. The Bertz CT molecular complexity index is 633. The molecule has 0 saturated carbocycles. The molecule has 0 spiro atoms. The van der Waals surface area contributed by atoms with Crippen LogP contribution in [0.1, 0.15) is 48.5 Å². The summed E-state index contributed by atoms with van der Waals surface area (Å²) in [6.45, 7) is 6.94. The SMILES string of the molecule is Cc1ccc(C(=O)N2CCCC(C(=O)N3CCC(C(C)N)CC3)C2)cc1. The largest absolute Gasteiger partial charge is 0.342 e. The molecule has 2 aliphatic heterocycles. The molecule has 0 aliphatic carbocycles. The maximum absolute atomic E-state index is 12.9. The van der Waals surface area contributed by atoms with Crippen LogP contribution >= 0.6 is 0 Å². The number of amides is 2. The molecule has 2 fully saturated rings. The van der Waals surface area contributed by atoms with Crippen molar-refractivity contribution in [3.8, 4) is 0 Å². The summed E-state index contributed by atoms with van der Waals surface area (Å²) < 4.78 is 0. The fourth-order valence-electron chi connectivity index (χ4n) is 4.15. The third kappa shape index (κ3) is 4.26. The van der Waals surface area contributed by atoms with Crippen LogP contribution in [0.2, 0.25) is 0 Å². The maximum atomic E-state index is 12.9. The Hall–Kier alpha value is -1.88. The monoisotopic (exact) mass is 357 g/mol. The van der Waals surface area contributed by atoms with Crippen molar-refractivity contribution in [3.05, 3.63) is 35.4 Å². The van der Waals surface area contributed by atoms with Gasteiger partial charge in [0, 0.05) is 37.8 Å². The highest BCUT2D eigenvalue weighted by Crippen LogP contribution is 2.25. The molecule has 2 amide bonds. The number of rotatable bonds is 3. The van der Waals surface area contributed by atoms with Gasteiger partial charge >= 0.3 is 0 Å². The van der Waals surface area contributed by atoms with Gasteiger partial charge in [-0.2, -0.15) is 0 Å². The van der Waals surface area contributed by atoms with Gasteiger partial charge in [0.25, 0.3) is 5.91 Å². The number of nitrogens with two attached hydrogens (primary N) is 1. The number of hydrogen-bond donors (Lipinski definition) is 1. The highest BCUT2D eigenvalue weighted by atomic mass is 16.2. The molecule has 0 radical (unpaired) electrons.